The smallest absolute Gasteiger partial charge is 0.259 e. The zero-order valence-electron chi connectivity index (χ0n) is 11.2. The summed E-state index contributed by atoms with van der Waals surface area (Å²) < 4.78 is 5.21. The van der Waals surface area contributed by atoms with Crippen molar-refractivity contribution in [2.24, 2.45) is 0 Å². The minimum atomic E-state index is -0.189. The summed E-state index contributed by atoms with van der Waals surface area (Å²) in [5, 5.41) is 2.84. The van der Waals surface area contributed by atoms with E-state index in [0.29, 0.717) is 11.3 Å². The largest absolute Gasteiger partial charge is 0.496 e. The maximum atomic E-state index is 12.2. The number of hydrogen-bond acceptors (Lipinski definition) is 3. The maximum Gasteiger partial charge on any atom is 0.259 e. The van der Waals surface area contributed by atoms with E-state index in [4.69, 9.17) is 4.74 Å². The van der Waals surface area contributed by atoms with Gasteiger partial charge in [-0.05, 0) is 38.1 Å². The van der Waals surface area contributed by atoms with Crippen LogP contribution in [0.2, 0.25) is 0 Å². The number of hydrogen-bond donors (Lipinski definition) is 1. The highest BCUT2D eigenvalue weighted by atomic mass is 16.5. The third kappa shape index (κ3) is 3.10. The number of anilines is 1. The highest BCUT2D eigenvalue weighted by Gasteiger charge is 2.12. The Labute approximate surface area is 112 Å². The van der Waals surface area contributed by atoms with Gasteiger partial charge in [0.1, 0.15) is 5.75 Å². The number of ether oxygens (including phenoxy) is 1. The monoisotopic (exact) mass is 256 g/mol. The Balaban J connectivity index is 2.27. The molecule has 1 N–H and O–H groups in total. The number of aryl methyl sites for hydroxylation is 2. The van der Waals surface area contributed by atoms with Gasteiger partial charge >= 0.3 is 0 Å². The molecule has 1 aromatic heterocycles. The number of aromatic nitrogens is 1. The van der Waals surface area contributed by atoms with Crippen molar-refractivity contribution in [2.45, 2.75) is 13.8 Å². The van der Waals surface area contributed by atoms with Crippen LogP contribution in [-0.2, 0) is 0 Å². The van der Waals surface area contributed by atoms with Crippen LogP contribution in [0.4, 0.5) is 5.69 Å². The van der Waals surface area contributed by atoms with E-state index in [2.05, 4.69) is 10.3 Å². The van der Waals surface area contributed by atoms with E-state index < -0.39 is 0 Å². The fourth-order valence-corrected chi connectivity index (χ4v) is 1.82. The second-order valence-corrected chi connectivity index (χ2v) is 4.34. The minimum absolute atomic E-state index is 0.189. The number of benzene rings is 1. The van der Waals surface area contributed by atoms with Crippen LogP contribution in [0.15, 0.2) is 36.5 Å². The molecule has 2 rings (SSSR count). The molecule has 98 valence electrons. The Bertz CT molecular complexity index is 609. The molecule has 0 bridgehead atoms. The molecule has 0 atom stereocenters. The Morgan fingerprint density at radius 1 is 1.21 bits per heavy atom. The van der Waals surface area contributed by atoms with Crippen LogP contribution in [0.25, 0.3) is 0 Å². The van der Waals surface area contributed by atoms with Crippen LogP contribution in [0.1, 0.15) is 21.6 Å². The summed E-state index contributed by atoms with van der Waals surface area (Å²) in [6, 6.07) is 9.09. The first-order valence-electron chi connectivity index (χ1n) is 5.99. The van der Waals surface area contributed by atoms with Gasteiger partial charge in [-0.3, -0.25) is 9.78 Å². The number of carbonyl (C=O) groups is 1. The molecule has 1 heterocycles. The van der Waals surface area contributed by atoms with Crippen molar-refractivity contribution in [3.05, 3.63) is 53.3 Å². The van der Waals surface area contributed by atoms with Crippen LogP contribution in [-0.4, -0.2) is 18.0 Å². The number of nitrogens with zero attached hydrogens (tertiary/aromatic N) is 1. The lowest BCUT2D eigenvalue weighted by atomic mass is 10.1. The predicted octanol–water partition coefficient (Wildman–Crippen LogP) is 2.96. The van der Waals surface area contributed by atoms with Gasteiger partial charge in [0.15, 0.2) is 0 Å². The third-order valence-corrected chi connectivity index (χ3v) is 2.75. The molecule has 0 spiro atoms. The highest BCUT2D eigenvalue weighted by Crippen LogP contribution is 2.21. The Kier molecular flexibility index (Phi) is 3.80. The molecule has 0 saturated carbocycles. The summed E-state index contributed by atoms with van der Waals surface area (Å²) in [5.41, 5.74) is 3.11. The molecule has 2 aromatic rings. The highest BCUT2D eigenvalue weighted by molar-refractivity contribution is 6.06. The number of nitrogens with one attached hydrogen (secondary N) is 1. The van der Waals surface area contributed by atoms with Crippen molar-refractivity contribution in [1.82, 2.24) is 4.98 Å². The normalized spacial score (nSPS) is 10.1. The van der Waals surface area contributed by atoms with Crippen molar-refractivity contribution in [1.29, 1.82) is 0 Å². The van der Waals surface area contributed by atoms with Gasteiger partial charge in [-0.15, -0.1) is 0 Å². The summed E-state index contributed by atoms with van der Waals surface area (Å²) >= 11 is 0. The van der Waals surface area contributed by atoms with Gasteiger partial charge in [0.2, 0.25) is 0 Å². The number of rotatable bonds is 3. The molecule has 1 aromatic carbocycles. The molecule has 4 heteroatoms. The molecule has 1 amide bonds. The van der Waals surface area contributed by atoms with Crippen molar-refractivity contribution < 1.29 is 9.53 Å². The Morgan fingerprint density at radius 3 is 2.68 bits per heavy atom. The molecule has 0 saturated heterocycles. The van der Waals surface area contributed by atoms with Crippen molar-refractivity contribution in [3.8, 4) is 5.75 Å². The Hall–Kier alpha value is -2.36. The second kappa shape index (κ2) is 5.52. The van der Waals surface area contributed by atoms with E-state index in [1.807, 2.05) is 32.0 Å². The summed E-state index contributed by atoms with van der Waals surface area (Å²) in [5.74, 6) is 0.375. The van der Waals surface area contributed by atoms with Crippen LogP contribution in [0, 0.1) is 13.8 Å². The van der Waals surface area contributed by atoms with Gasteiger partial charge in [0.25, 0.3) is 5.91 Å². The molecule has 0 radical (unpaired) electrons. The van der Waals surface area contributed by atoms with Crippen molar-refractivity contribution in [2.75, 3.05) is 12.4 Å². The minimum Gasteiger partial charge on any atom is -0.496 e. The standard InChI is InChI=1S/C15H16N2O2/c1-10-4-5-14(19-3)13(8-10)15(18)17-12-6-7-16-11(2)9-12/h4-9H,1-3H3,(H,16,17,18). The quantitative estimate of drug-likeness (QED) is 0.918. The molecular formula is C15H16N2O2. The van der Waals surface area contributed by atoms with Crippen LogP contribution in [0.5, 0.6) is 5.75 Å². The summed E-state index contributed by atoms with van der Waals surface area (Å²) in [6.45, 7) is 3.82. The Morgan fingerprint density at radius 2 is 2.00 bits per heavy atom. The predicted molar refractivity (Wildman–Crippen MR) is 74.7 cm³/mol. The summed E-state index contributed by atoms with van der Waals surface area (Å²) in [6.07, 6.45) is 1.67. The van der Waals surface area contributed by atoms with Gasteiger partial charge < -0.3 is 10.1 Å². The molecule has 0 aliphatic carbocycles. The lowest BCUT2D eigenvalue weighted by molar-refractivity contribution is 0.102. The fraction of sp³-hybridized carbons (Fsp3) is 0.200. The van der Waals surface area contributed by atoms with E-state index in [1.54, 1.807) is 25.4 Å². The fourth-order valence-electron chi connectivity index (χ4n) is 1.82. The number of methoxy groups -OCH3 is 1. The van der Waals surface area contributed by atoms with Gasteiger partial charge in [-0.25, -0.2) is 0 Å². The van der Waals surface area contributed by atoms with E-state index in [0.717, 1.165) is 16.9 Å². The van der Waals surface area contributed by atoms with Crippen LogP contribution < -0.4 is 10.1 Å². The maximum absolute atomic E-state index is 12.2. The second-order valence-electron chi connectivity index (χ2n) is 4.34. The molecular weight excluding hydrogens is 240 g/mol. The van der Waals surface area contributed by atoms with Gasteiger partial charge in [-0.2, -0.15) is 0 Å². The summed E-state index contributed by atoms with van der Waals surface area (Å²) in [7, 11) is 1.55. The van der Waals surface area contributed by atoms with E-state index in [-0.39, 0.29) is 5.91 Å². The molecule has 0 aliphatic heterocycles. The van der Waals surface area contributed by atoms with Gasteiger partial charge in [0, 0.05) is 17.6 Å². The van der Waals surface area contributed by atoms with Gasteiger partial charge in [-0.1, -0.05) is 11.6 Å². The topological polar surface area (TPSA) is 51.2 Å². The lowest BCUT2D eigenvalue weighted by Crippen LogP contribution is -2.13. The molecule has 0 unspecified atom stereocenters. The van der Waals surface area contributed by atoms with Crippen molar-refractivity contribution >= 4 is 11.6 Å². The van der Waals surface area contributed by atoms with Crippen LogP contribution >= 0.6 is 0 Å². The van der Waals surface area contributed by atoms with Crippen LogP contribution in [0.3, 0.4) is 0 Å². The van der Waals surface area contributed by atoms with Crippen molar-refractivity contribution in [3.63, 3.8) is 0 Å². The molecule has 19 heavy (non-hydrogen) atoms. The zero-order valence-corrected chi connectivity index (χ0v) is 11.2. The van der Waals surface area contributed by atoms with Gasteiger partial charge in [0.05, 0.1) is 12.7 Å². The first kappa shape index (κ1) is 13.1. The van der Waals surface area contributed by atoms with E-state index >= 15 is 0 Å². The van der Waals surface area contributed by atoms with E-state index in [1.165, 1.54) is 0 Å². The first-order chi connectivity index (χ1) is 9.10. The molecule has 4 nitrogen and oxygen atoms in total. The SMILES string of the molecule is COc1ccc(C)cc1C(=O)Nc1ccnc(C)c1. The zero-order chi connectivity index (χ0) is 13.8. The first-order valence-corrected chi connectivity index (χ1v) is 5.99. The molecule has 0 aliphatic rings. The number of amides is 1. The third-order valence-electron chi connectivity index (χ3n) is 2.75. The lowest BCUT2D eigenvalue weighted by Gasteiger charge is -2.10. The summed E-state index contributed by atoms with van der Waals surface area (Å²) in [4.78, 5) is 16.3. The average molecular weight is 256 g/mol. The molecule has 0 fully saturated rings. The average Bonchev–Trinajstić information content (AvgIpc) is 2.38. The van der Waals surface area contributed by atoms with E-state index in [9.17, 15) is 4.79 Å². The number of pyridine rings is 1. The number of carbonyl (C=O) groups excluding carboxylic acids is 1.